The van der Waals surface area contributed by atoms with E-state index in [-0.39, 0.29) is 5.75 Å². The molecule has 0 fully saturated rings. The summed E-state index contributed by atoms with van der Waals surface area (Å²) in [6.07, 6.45) is 0. The van der Waals surface area contributed by atoms with Gasteiger partial charge in [-0.3, -0.25) is 0 Å². The lowest BCUT2D eigenvalue weighted by atomic mass is 10.1. The number of aryl methyl sites for hydroxylation is 1. The lowest BCUT2D eigenvalue weighted by Crippen LogP contribution is -2.08. The fourth-order valence-corrected chi connectivity index (χ4v) is 3.29. The molecule has 3 rings (SSSR count). The Labute approximate surface area is 143 Å². The third kappa shape index (κ3) is 3.30. The largest absolute Gasteiger partial charge is 0.506 e. The number of rotatable bonds is 3. The second kappa shape index (κ2) is 6.17. The van der Waals surface area contributed by atoms with Gasteiger partial charge in [0, 0.05) is 25.1 Å². The maximum Gasteiger partial charge on any atom is 0.231 e. The molecule has 1 aromatic heterocycles. The molecule has 118 valence electrons. The summed E-state index contributed by atoms with van der Waals surface area (Å²) in [5, 5.41) is 19.1. The fourth-order valence-electron chi connectivity index (χ4n) is 2.18. The van der Waals surface area contributed by atoms with E-state index in [2.05, 4.69) is 27.8 Å². The Bertz CT molecular complexity index is 902. The van der Waals surface area contributed by atoms with Gasteiger partial charge in [0.05, 0.1) is 21.6 Å². The van der Waals surface area contributed by atoms with Crippen LogP contribution in [0.2, 0.25) is 0 Å². The van der Waals surface area contributed by atoms with Crippen LogP contribution in [-0.4, -0.2) is 24.2 Å². The number of thiol groups is 1. The topological polar surface area (TPSA) is 61.1 Å². The first-order chi connectivity index (χ1) is 10.9. The average molecular weight is 344 g/mol. The van der Waals surface area contributed by atoms with Gasteiger partial charge < -0.3 is 10.0 Å². The molecule has 0 spiro atoms. The molecule has 0 atom stereocenters. The highest BCUT2D eigenvalue weighted by Gasteiger charge is 2.08. The van der Waals surface area contributed by atoms with Gasteiger partial charge in [-0.15, -0.1) is 22.9 Å². The van der Waals surface area contributed by atoms with Crippen LogP contribution in [0.15, 0.2) is 45.5 Å². The van der Waals surface area contributed by atoms with Gasteiger partial charge in [0.25, 0.3) is 0 Å². The van der Waals surface area contributed by atoms with Crippen molar-refractivity contribution in [1.82, 2.24) is 4.98 Å². The summed E-state index contributed by atoms with van der Waals surface area (Å²) >= 11 is 5.78. The second-order valence-corrected chi connectivity index (χ2v) is 6.90. The van der Waals surface area contributed by atoms with Gasteiger partial charge in [-0.1, -0.05) is 11.3 Å². The summed E-state index contributed by atoms with van der Waals surface area (Å²) in [5.41, 5.74) is 3.20. The van der Waals surface area contributed by atoms with Crippen LogP contribution in [0.25, 0.3) is 10.2 Å². The van der Waals surface area contributed by atoms with E-state index in [4.69, 9.17) is 0 Å². The first-order valence-electron chi connectivity index (χ1n) is 6.96. The molecule has 0 unspecified atom stereocenters. The molecule has 0 aliphatic heterocycles. The van der Waals surface area contributed by atoms with Crippen LogP contribution in [0.1, 0.15) is 5.56 Å². The molecule has 7 heteroatoms. The number of azo groups is 1. The van der Waals surface area contributed by atoms with Crippen molar-refractivity contribution in [2.24, 2.45) is 10.2 Å². The summed E-state index contributed by atoms with van der Waals surface area (Å²) in [4.78, 5) is 7.17. The van der Waals surface area contributed by atoms with Crippen molar-refractivity contribution >= 4 is 50.7 Å². The van der Waals surface area contributed by atoms with Gasteiger partial charge in [-0.25, -0.2) is 4.98 Å². The molecule has 0 bridgehead atoms. The Morgan fingerprint density at radius 1 is 1.17 bits per heavy atom. The lowest BCUT2D eigenvalue weighted by Gasteiger charge is -2.15. The van der Waals surface area contributed by atoms with Crippen LogP contribution >= 0.6 is 24.0 Å². The van der Waals surface area contributed by atoms with Crippen LogP contribution in [0.5, 0.6) is 5.75 Å². The van der Waals surface area contributed by atoms with E-state index in [1.807, 2.05) is 50.2 Å². The van der Waals surface area contributed by atoms with E-state index in [1.54, 1.807) is 6.07 Å². The van der Waals surface area contributed by atoms with Crippen molar-refractivity contribution in [3.8, 4) is 5.75 Å². The number of anilines is 1. The Morgan fingerprint density at radius 2 is 1.96 bits per heavy atom. The van der Waals surface area contributed by atoms with E-state index < -0.39 is 0 Å². The minimum atomic E-state index is 0.179. The Hall–Kier alpha value is -2.12. The molecule has 0 aliphatic rings. The van der Waals surface area contributed by atoms with Crippen LogP contribution in [0.3, 0.4) is 0 Å². The van der Waals surface area contributed by atoms with Gasteiger partial charge in [0.2, 0.25) is 5.13 Å². The standard InChI is InChI=1S/C16H16N4OS2/c1-9-6-13(20(2)3)14(21)8-12(9)18-19-16-17-11-5-4-10(22)7-15(11)23-16/h4-8,21-22H,1-3H3. The van der Waals surface area contributed by atoms with E-state index in [0.717, 1.165) is 26.4 Å². The van der Waals surface area contributed by atoms with Crippen molar-refractivity contribution in [3.63, 3.8) is 0 Å². The smallest absolute Gasteiger partial charge is 0.231 e. The number of aromatic hydroxyl groups is 1. The number of thiazole rings is 1. The van der Waals surface area contributed by atoms with Gasteiger partial charge in [-0.2, -0.15) is 0 Å². The first kappa shape index (κ1) is 15.8. The van der Waals surface area contributed by atoms with Crippen LogP contribution in [0, 0.1) is 6.92 Å². The zero-order chi connectivity index (χ0) is 16.6. The minimum absolute atomic E-state index is 0.179. The number of hydrogen-bond acceptors (Lipinski definition) is 7. The molecular weight excluding hydrogens is 328 g/mol. The molecule has 23 heavy (non-hydrogen) atoms. The Morgan fingerprint density at radius 3 is 2.70 bits per heavy atom. The maximum atomic E-state index is 10.1. The lowest BCUT2D eigenvalue weighted by molar-refractivity contribution is 0.475. The number of hydrogen-bond donors (Lipinski definition) is 2. The summed E-state index contributed by atoms with van der Waals surface area (Å²) in [6, 6.07) is 9.27. The van der Waals surface area contributed by atoms with Crippen molar-refractivity contribution < 1.29 is 5.11 Å². The molecule has 1 heterocycles. The van der Waals surface area contributed by atoms with E-state index >= 15 is 0 Å². The quantitative estimate of drug-likeness (QED) is 0.514. The number of aromatic nitrogens is 1. The molecule has 0 amide bonds. The molecule has 2 aromatic carbocycles. The zero-order valence-electron chi connectivity index (χ0n) is 13.0. The van der Waals surface area contributed by atoms with Gasteiger partial charge >= 0.3 is 0 Å². The number of nitrogens with zero attached hydrogens (tertiary/aromatic N) is 4. The number of benzene rings is 2. The number of fused-ring (bicyclic) bond motifs is 1. The molecule has 0 saturated carbocycles. The number of phenols is 1. The molecule has 1 N–H and O–H groups in total. The maximum absolute atomic E-state index is 10.1. The molecule has 5 nitrogen and oxygen atoms in total. The second-order valence-electron chi connectivity index (χ2n) is 5.37. The summed E-state index contributed by atoms with van der Waals surface area (Å²) in [7, 11) is 3.76. The van der Waals surface area contributed by atoms with Crippen LogP contribution in [-0.2, 0) is 0 Å². The molecule has 0 aliphatic carbocycles. The Kier molecular flexibility index (Phi) is 4.23. The van der Waals surface area contributed by atoms with E-state index in [1.165, 1.54) is 11.3 Å². The summed E-state index contributed by atoms with van der Waals surface area (Å²) < 4.78 is 1.02. The molecule has 0 saturated heterocycles. The summed E-state index contributed by atoms with van der Waals surface area (Å²) in [5.74, 6) is 0.179. The van der Waals surface area contributed by atoms with Crippen molar-refractivity contribution in [1.29, 1.82) is 0 Å². The van der Waals surface area contributed by atoms with Crippen LogP contribution < -0.4 is 4.90 Å². The monoisotopic (exact) mass is 344 g/mol. The highest BCUT2D eigenvalue weighted by molar-refractivity contribution is 7.80. The predicted octanol–water partition coefficient (Wildman–Crippen LogP) is 5.08. The van der Waals surface area contributed by atoms with Crippen LogP contribution in [0.4, 0.5) is 16.5 Å². The SMILES string of the molecule is Cc1cc(N(C)C)c(O)cc1N=Nc1nc2ccc(S)cc2s1. The van der Waals surface area contributed by atoms with E-state index in [9.17, 15) is 5.11 Å². The van der Waals surface area contributed by atoms with Crippen molar-refractivity contribution in [2.45, 2.75) is 11.8 Å². The Balaban J connectivity index is 1.93. The zero-order valence-corrected chi connectivity index (χ0v) is 14.7. The van der Waals surface area contributed by atoms with Crippen molar-refractivity contribution in [3.05, 3.63) is 35.9 Å². The molecule has 0 radical (unpaired) electrons. The third-order valence-electron chi connectivity index (χ3n) is 3.38. The highest BCUT2D eigenvalue weighted by Crippen LogP contribution is 2.35. The third-order valence-corrected chi connectivity index (χ3v) is 4.56. The molecular formula is C16H16N4OS2. The van der Waals surface area contributed by atoms with Gasteiger partial charge in [0.1, 0.15) is 5.75 Å². The van der Waals surface area contributed by atoms with Gasteiger partial charge in [0.15, 0.2) is 0 Å². The average Bonchev–Trinajstić information content (AvgIpc) is 2.89. The summed E-state index contributed by atoms with van der Waals surface area (Å²) in [6.45, 7) is 1.94. The highest BCUT2D eigenvalue weighted by atomic mass is 32.1. The van der Waals surface area contributed by atoms with Gasteiger partial charge in [-0.05, 0) is 36.8 Å². The number of phenolic OH excluding ortho intramolecular Hbond substituents is 1. The predicted molar refractivity (Wildman–Crippen MR) is 98.2 cm³/mol. The first-order valence-corrected chi connectivity index (χ1v) is 8.22. The normalized spacial score (nSPS) is 11.5. The van der Waals surface area contributed by atoms with E-state index in [0.29, 0.717) is 10.8 Å². The molecule has 3 aromatic rings. The minimum Gasteiger partial charge on any atom is -0.506 e. The fraction of sp³-hybridized carbons (Fsp3) is 0.188. The van der Waals surface area contributed by atoms with Crippen molar-refractivity contribution in [2.75, 3.05) is 19.0 Å².